The number of carbonyl (C=O) groups excluding carboxylic acids is 1. The third-order valence-corrected chi connectivity index (χ3v) is 3.64. The summed E-state index contributed by atoms with van der Waals surface area (Å²) in [6, 6.07) is 1.74. The molecule has 1 aromatic rings. The summed E-state index contributed by atoms with van der Waals surface area (Å²) in [6.07, 6.45) is 3.74. The molecule has 21 heavy (non-hydrogen) atoms. The molecule has 0 spiro atoms. The summed E-state index contributed by atoms with van der Waals surface area (Å²) < 4.78 is 5.04. The van der Waals surface area contributed by atoms with Crippen molar-refractivity contribution in [3.8, 4) is 0 Å². The Kier molecular flexibility index (Phi) is 4.77. The summed E-state index contributed by atoms with van der Waals surface area (Å²) in [5.41, 5.74) is 1.08. The van der Waals surface area contributed by atoms with Crippen LogP contribution in [0.25, 0.3) is 0 Å². The fraction of sp³-hybridized carbons (Fsp3) is 0.533. The van der Waals surface area contributed by atoms with E-state index < -0.39 is 17.9 Å². The zero-order valence-corrected chi connectivity index (χ0v) is 12.3. The van der Waals surface area contributed by atoms with Gasteiger partial charge in [-0.3, -0.25) is 9.78 Å². The molecule has 114 valence electrons. The number of carbonyl (C=O) groups is 2. The molecule has 0 aromatic carbocycles. The molecule has 0 radical (unpaired) electrons. The molecule has 1 aliphatic rings. The molecule has 2 unspecified atom stereocenters. The Morgan fingerprint density at radius 3 is 2.90 bits per heavy atom. The molecular formula is C15H20N2O4. The van der Waals surface area contributed by atoms with E-state index in [1.165, 1.54) is 6.20 Å². The number of aromatic nitrogens is 1. The third-order valence-electron chi connectivity index (χ3n) is 3.64. The summed E-state index contributed by atoms with van der Waals surface area (Å²) in [4.78, 5) is 29.2. The normalized spacial score (nSPS) is 21.9. The number of piperidine rings is 1. The lowest BCUT2D eigenvalue weighted by Crippen LogP contribution is -2.43. The lowest BCUT2D eigenvalue weighted by molar-refractivity contribution is -0.142. The van der Waals surface area contributed by atoms with Crippen LogP contribution in [0.3, 0.4) is 0 Å². The van der Waals surface area contributed by atoms with E-state index >= 15 is 0 Å². The first kappa shape index (κ1) is 15.3. The molecule has 1 aromatic heterocycles. The third kappa shape index (κ3) is 3.51. The van der Waals surface area contributed by atoms with E-state index in [2.05, 4.69) is 4.98 Å². The Balaban J connectivity index is 2.28. The number of rotatable bonds is 4. The number of anilines is 1. The van der Waals surface area contributed by atoms with Crippen LogP contribution in [0.15, 0.2) is 18.5 Å². The molecule has 1 saturated heterocycles. The van der Waals surface area contributed by atoms with Crippen molar-refractivity contribution in [1.82, 2.24) is 4.98 Å². The van der Waals surface area contributed by atoms with Crippen molar-refractivity contribution in [3.05, 3.63) is 24.0 Å². The zero-order chi connectivity index (χ0) is 15.4. The van der Waals surface area contributed by atoms with Crippen molar-refractivity contribution in [2.75, 3.05) is 24.6 Å². The van der Waals surface area contributed by atoms with Gasteiger partial charge in [-0.05, 0) is 25.3 Å². The zero-order valence-electron chi connectivity index (χ0n) is 12.3. The van der Waals surface area contributed by atoms with Gasteiger partial charge in [0.2, 0.25) is 0 Å². The van der Waals surface area contributed by atoms with Crippen LogP contribution in [0.4, 0.5) is 5.69 Å². The Labute approximate surface area is 123 Å². The monoisotopic (exact) mass is 292 g/mol. The second-order valence-electron chi connectivity index (χ2n) is 5.39. The SMILES string of the molecule is CCOC(=O)c1cnccc1N1CC(C)CC(C(=O)O)C1. The number of aliphatic carboxylic acids is 1. The van der Waals surface area contributed by atoms with E-state index in [0.29, 0.717) is 30.8 Å². The van der Waals surface area contributed by atoms with Crippen LogP contribution >= 0.6 is 0 Å². The number of esters is 1. The van der Waals surface area contributed by atoms with Gasteiger partial charge >= 0.3 is 11.9 Å². The van der Waals surface area contributed by atoms with Gasteiger partial charge < -0.3 is 14.7 Å². The van der Waals surface area contributed by atoms with Gasteiger partial charge in [0.1, 0.15) is 5.56 Å². The van der Waals surface area contributed by atoms with Gasteiger partial charge in [-0.15, -0.1) is 0 Å². The summed E-state index contributed by atoms with van der Waals surface area (Å²) in [5.74, 6) is -1.39. The molecule has 6 heteroatoms. The van der Waals surface area contributed by atoms with Crippen molar-refractivity contribution >= 4 is 17.6 Å². The van der Waals surface area contributed by atoms with Crippen LogP contribution in [0.2, 0.25) is 0 Å². The van der Waals surface area contributed by atoms with Crippen molar-refractivity contribution in [2.24, 2.45) is 11.8 Å². The number of ether oxygens (including phenoxy) is 1. The van der Waals surface area contributed by atoms with E-state index in [4.69, 9.17) is 4.74 Å². The maximum absolute atomic E-state index is 12.0. The maximum atomic E-state index is 12.0. The average Bonchev–Trinajstić information content (AvgIpc) is 2.46. The predicted molar refractivity (Wildman–Crippen MR) is 77.3 cm³/mol. The Morgan fingerprint density at radius 1 is 1.48 bits per heavy atom. The first-order valence-electron chi connectivity index (χ1n) is 7.11. The minimum Gasteiger partial charge on any atom is -0.481 e. The molecule has 1 aliphatic heterocycles. The van der Waals surface area contributed by atoms with E-state index in [-0.39, 0.29) is 5.92 Å². The fourth-order valence-corrected chi connectivity index (χ4v) is 2.76. The molecule has 0 aliphatic carbocycles. The van der Waals surface area contributed by atoms with Gasteiger partial charge in [0, 0.05) is 25.5 Å². The largest absolute Gasteiger partial charge is 0.481 e. The molecule has 1 fully saturated rings. The van der Waals surface area contributed by atoms with Gasteiger partial charge in [-0.2, -0.15) is 0 Å². The number of hydrogen-bond acceptors (Lipinski definition) is 5. The Bertz CT molecular complexity index is 532. The van der Waals surface area contributed by atoms with Crippen LogP contribution in [0.5, 0.6) is 0 Å². The van der Waals surface area contributed by atoms with E-state index in [1.54, 1.807) is 19.2 Å². The van der Waals surface area contributed by atoms with E-state index in [1.807, 2.05) is 11.8 Å². The van der Waals surface area contributed by atoms with E-state index in [9.17, 15) is 14.7 Å². The quantitative estimate of drug-likeness (QED) is 0.852. The standard InChI is InChI=1S/C15H20N2O4/c1-3-21-15(20)12-7-16-5-4-13(12)17-8-10(2)6-11(9-17)14(18)19/h4-5,7,10-11H,3,6,8-9H2,1-2H3,(H,18,19). The van der Waals surface area contributed by atoms with Crippen LogP contribution in [-0.2, 0) is 9.53 Å². The first-order valence-corrected chi connectivity index (χ1v) is 7.11. The number of carboxylic acids is 1. The number of carboxylic acid groups (broad SMARTS) is 1. The predicted octanol–water partition coefficient (Wildman–Crippen LogP) is 1.81. The second kappa shape index (κ2) is 6.56. The molecule has 6 nitrogen and oxygen atoms in total. The summed E-state index contributed by atoms with van der Waals surface area (Å²) >= 11 is 0. The fourth-order valence-electron chi connectivity index (χ4n) is 2.76. The van der Waals surface area contributed by atoms with Crippen molar-refractivity contribution in [2.45, 2.75) is 20.3 Å². The summed E-state index contributed by atoms with van der Waals surface area (Å²) in [5, 5.41) is 9.25. The number of nitrogens with zero attached hydrogens (tertiary/aromatic N) is 2. The minimum absolute atomic E-state index is 0.253. The lowest BCUT2D eigenvalue weighted by atomic mass is 9.90. The molecule has 2 heterocycles. The first-order chi connectivity index (χ1) is 10.0. The van der Waals surface area contributed by atoms with Crippen LogP contribution in [0, 0.1) is 11.8 Å². The van der Waals surface area contributed by atoms with Gasteiger partial charge in [0.25, 0.3) is 0 Å². The van der Waals surface area contributed by atoms with E-state index in [0.717, 1.165) is 6.54 Å². The van der Waals surface area contributed by atoms with Gasteiger partial charge in [0.15, 0.2) is 0 Å². The van der Waals surface area contributed by atoms with Crippen LogP contribution < -0.4 is 4.90 Å². The molecule has 0 amide bonds. The Hall–Kier alpha value is -2.11. The molecule has 1 N–H and O–H groups in total. The maximum Gasteiger partial charge on any atom is 0.341 e. The van der Waals surface area contributed by atoms with Crippen molar-refractivity contribution in [1.29, 1.82) is 0 Å². The highest BCUT2D eigenvalue weighted by Crippen LogP contribution is 2.29. The molecular weight excluding hydrogens is 272 g/mol. The van der Waals surface area contributed by atoms with Gasteiger partial charge in [0.05, 0.1) is 18.2 Å². The molecule has 2 atom stereocenters. The molecule has 0 bridgehead atoms. The number of hydrogen-bond donors (Lipinski definition) is 1. The Morgan fingerprint density at radius 2 is 2.24 bits per heavy atom. The summed E-state index contributed by atoms with van der Waals surface area (Å²) in [7, 11) is 0. The highest BCUT2D eigenvalue weighted by atomic mass is 16.5. The summed E-state index contributed by atoms with van der Waals surface area (Å²) in [6.45, 7) is 5.18. The molecule has 0 saturated carbocycles. The van der Waals surface area contributed by atoms with Crippen molar-refractivity contribution < 1.29 is 19.4 Å². The van der Waals surface area contributed by atoms with Crippen molar-refractivity contribution in [3.63, 3.8) is 0 Å². The highest BCUT2D eigenvalue weighted by Gasteiger charge is 2.31. The second-order valence-corrected chi connectivity index (χ2v) is 5.39. The number of pyridine rings is 1. The lowest BCUT2D eigenvalue weighted by Gasteiger charge is -2.36. The average molecular weight is 292 g/mol. The minimum atomic E-state index is -0.793. The molecule has 2 rings (SSSR count). The van der Waals surface area contributed by atoms with Crippen LogP contribution in [-0.4, -0.2) is 41.7 Å². The van der Waals surface area contributed by atoms with Crippen LogP contribution in [0.1, 0.15) is 30.6 Å². The van der Waals surface area contributed by atoms with Gasteiger partial charge in [-0.25, -0.2) is 4.79 Å². The topological polar surface area (TPSA) is 79.7 Å². The highest BCUT2D eigenvalue weighted by molar-refractivity contribution is 5.95. The van der Waals surface area contributed by atoms with Gasteiger partial charge in [-0.1, -0.05) is 6.92 Å². The smallest absolute Gasteiger partial charge is 0.341 e.